The number of aliphatic imine (C=N–C) groups is 1. The molecule has 0 atom stereocenters. The van der Waals surface area contributed by atoms with Gasteiger partial charge in [-0.2, -0.15) is 0 Å². The molecule has 3 heterocycles. The number of phenolic OH excluding ortho intramolecular Hbond substituents is 3. The Hall–Kier alpha value is -11.3. The number of H-pyrrole nitrogens is 1. The van der Waals surface area contributed by atoms with E-state index in [0.717, 1.165) is 118 Å². The summed E-state index contributed by atoms with van der Waals surface area (Å²) in [5, 5.41) is 30.6. The van der Waals surface area contributed by atoms with Gasteiger partial charge in [0.25, 0.3) is 0 Å². The molecule has 12 rings (SSSR count). The van der Waals surface area contributed by atoms with Crippen molar-refractivity contribution in [3.63, 3.8) is 0 Å². The number of carbonyl (C=O) groups excluding carboxylic acids is 3. The van der Waals surface area contributed by atoms with Crippen molar-refractivity contribution < 1.29 is 75.7 Å². The molecule has 4 aliphatic rings. The van der Waals surface area contributed by atoms with Crippen molar-refractivity contribution in [2.75, 3.05) is 42.7 Å². The van der Waals surface area contributed by atoms with Gasteiger partial charge < -0.3 is 53.1 Å². The lowest BCUT2D eigenvalue weighted by Crippen LogP contribution is -2.02. The molecule has 0 radical (unpaired) electrons. The largest absolute Gasteiger partial charge is 0.502 e. The van der Waals surface area contributed by atoms with E-state index in [1.165, 1.54) is 91.6 Å². The van der Waals surface area contributed by atoms with Gasteiger partial charge in [-0.25, -0.2) is 18.2 Å². The Morgan fingerprint density at radius 3 is 1.21 bits per heavy atom. The topological polar surface area (TPSA) is 221 Å². The van der Waals surface area contributed by atoms with Crippen molar-refractivity contribution in [1.29, 1.82) is 0 Å². The molecule has 8 aromatic rings. The lowest BCUT2D eigenvalue weighted by atomic mass is 9.97. The maximum absolute atomic E-state index is 14.1. The number of aromatic amines is 1. The second-order valence-electron chi connectivity index (χ2n) is 23.7. The zero-order valence-corrected chi connectivity index (χ0v) is 55.8. The minimum Gasteiger partial charge on any atom is -0.502 e. The Morgan fingerprint density at radius 2 is 0.888 bits per heavy atom. The summed E-state index contributed by atoms with van der Waals surface area (Å²) in [4.78, 5) is 48.3. The van der Waals surface area contributed by atoms with Crippen LogP contribution >= 0.6 is 0 Å². The average Bonchev–Trinajstić information content (AvgIpc) is 1.62. The number of imidazole rings is 1. The van der Waals surface area contributed by atoms with Gasteiger partial charge in [-0.05, 0) is 248 Å². The fraction of sp³-hybridized carbons (Fsp3) is 0.228. The average molecular weight is 1330 g/mol. The van der Waals surface area contributed by atoms with E-state index in [0.29, 0.717) is 85.1 Å². The highest BCUT2D eigenvalue weighted by atomic mass is 19.1. The van der Waals surface area contributed by atoms with E-state index >= 15 is 0 Å². The smallest absolute Gasteiger partial charge is 0.200 e. The number of allylic oxidation sites excluding steroid dienone is 10. The minimum atomic E-state index is -0.330. The Morgan fingerprint density at radius 1 is 0.510 bits per heavy atom. The van der Waals surface area contributed by atoms with Gasteiger partial charge in [-0.3, -0.25) is 19.4 Å². The van der Waals surface area contributed by atoms with E-state index in [2.05, 4.69) is 15.0 Å². The lowest BCUT2D eigenvalue weighted by molar-refractivity contribution is -0.119. The van der Waals surface area contributed by atoms with E-state index in [1.54, 1.807) is 85.6 Å². The summed E-state index contributed by atoms with van der Waals surface area (Å²) in [5.41, 5.74) is 18.3. The third kappa shape index (κ3) is 15.5. The molecule has 0 spiro atoms. The van der Waals surface area contributed by atoms with Crippen LogP contribution in [0, 0.1) is 17.5 Å². The van der Waals surface area contributed by atoms with Gasteiger partial charge in [-0.15, -0.1) is 0 Å². The predicted molar refractivity (Wildman–Crippen MR) is 373 cm³/mol. The van der Waals surface area contributed by atoms with E-state index < -0.39 is 0 Å². The minimum absolute atomic E-state index is 0.0498. The highest BCUT2D eigenvalue weighted by Gasteiger charge is 2.29. The first kappa shape index (κ1) is 69.5. The molecule has 0 amide bonds. The standard InChI is InChI=1S/C27H26FNO4.C27H25FO5.C25H23FN2O4/c1-16-21(7-5-20(30)10-17-8-9-29-15-17)24-14-19(28)4-6-22(24)23(16)11-18-12-25(32-2)27(31)26(13-18)33-3;1-16-21(7-5-20(29)10-17-8-9-33-15-17)24-14-19(28)4-6-22(24)23(16)11-18-12-25(31-2)27(30)26(13-18)32-3;1-14-17(6-7-22(29)21-12-27-13-28-21)20-11-16(26)4-5-18(20)19(14)8-15-9-23(31-2)25(30)24(10-15)32-3/h4,6,9,11-15,31H,5,7-8,10H2,1-3H3;4,6,8-9,11-15,30H,5,7,10H2,1-3H3;4-5,8-13,30H,6-7H2,1-3H3,(H,27,28)/b2*23-11-;19-8-. The number of fused-ring (bicyclic) bond motifs is 3. The van der Waals surface area contributed by atoms with E-state index in [-0.39, 0.29) is 58.5 Å². The molecular weight excluding hydrogens is 1260 g/mol. The number of ketones is 3. The SMILES string of the molecule is COc1cc(/C=C2/C(C)=C(CCC(=O)CC3=CN=CC3)c3cc(F)ccc32)cc(OC)c1O.COc1cc(/C=C2/C(C)=C(CCC(=O)Cc3ccoc3)c3cc(F)ccc32)cc(OC)c1O.COc1cc(/C=C2/C(C)=C(CCC(=O)c3cnc[nH]3)c3cc(F)ccc32)cc(OC)c1O. The summed E-state index contributed by atoms with van der Waals surface area (Å²) in [6, 6.07) is 26.2. The first-order chi connectivity index (χ1) is 47.2. The van der Waals surface area contributed by atoms with Crippen molar-refractivity contribution in [2.24, 2.45) is 4.99 Å². The van der Waals surface area contributed by atoms with Gasteiger partial charge in [0, 0.05) is 50.9 Å². The van der Waals surface area contributed by atoms with Gasteiger partial charge in [0.2, 0.25) is 17.2 Å². The zero-order chi connectivity index (χ0) is 69.9. The van der Waals surface area contributed by atoms with Crippen molar-refractivity contribution in [1.82, 2.24) is 9.97 Å². The second kappa shape index (κ2) is 31.0. The number of aromatic nitrogens is 2. The monoisotopic (exact) mass is 1330 g/mol. The number of phenols is 3. The summed E-state index contributed by atoms with van der Waals surface area (Å²) in [6.45, 7) is 5.94. The quantitative estimate of drug-likeness (QED) is 0.0438. The number of nitrogens with zero attached hydrogens (tertiary/aromatic N) is 2. The van der Waals surface area contributed by atoms with Gasteiger partial charge in [0.15, 0.2) is 40.3 Å². The molecule has 0 saturated heterocycles. The number of halogens is 3. The third-order valence-electron chi connectivity index (χ3n) is 17.6. The molecule has 19 heteroatoms. The van der Waals surface area contributed by atoms with Crippen LogP contribution in [0.2, 0.25) is 0 Å². The maximum Gasteiger partial charge on any atom is 0.200 e. The van der Waals surface area contributed by atoms with Gasteiger partial charge in [0.05, 0.1) is 67.7 Å². The third-order valence-corrected chi connectivity index (χ3v) is 17.6. The van der Waals surface area contributed by atoms with Crippen LogP contribution in [-0.4, -0.2) is 91.5 Å². The van der Waals surface area contributed by atoms with Crippen LogP contribution < -0.4 is 28.4 Å². The van der Waals surface area contributed by atoms with Gasteiger partial charge in [0.1, 0.15) is 34.7 Å². The number of aromatic hydroxyl groups is 3. The number of rotatable bonds is 23. The van der Waals surface area contributed by atoms with Crippen LogP contribution in [0.1, 0.15) is 138 Å². The molecular formula is C79H74F3N3O13. The normalized spacial score (nSPS) is 14.6. The fourth-order valence-electron chi connectivity index (χ4n) is 12.6. The van der Waals surface area contributed by atoms with E-state index in [9.17, 15) is 42.9 Å². The van der Waals surface area contributed by atoms with Crippen LogP contribution in [-0.2, 0) is 16.0 Å². The molecule has 3 aliphatic carbocycles. The summed E-state index contributed by atoms with van der Waals surface area (Å²) in [5.74, 6) is 0.807. The van der Waals surface area contributed by atoms with Crippen molar-refractivity contribution in [3.05, 3.63) is 229 Å². The van der Waals surface area contributed by atoms with Crippen LogP contribution in [0.25, 0.3) is 51.7 Å². The first-order valence-corrected chi connectivity index (χ1v) is 31.5. The van der Waals surface area contributed by atoms with Gasteiger partial charge >= 0.3 is 0 Å². The number of benzene rings is 6. The number of ether oxygens (including phenoxy) is 6. The number of Topliss-reactive ketones (excluding diaryl/α,β-unsaturated/α-hetero) is 3. The lowest BCUT2D eigenvalue weighted by Gasteiger charge is -2.11. The predicted octanol–water partition coefficient (Wildman–Crippen LogP) is 17.3. The zero-order valence-electron chi connectivity index (χ0n) is 55.8. The Kier molecular flexibility index (Phi) is 22.0. The number of carbonyl (C=O) groups is 3. The molecule has 0 unspecified atom stereocenters. The van der Waals surface area contributed by atoms with E-state index in [4.69, 9.17) is 32.8 Å². The molecule has 6 aromatic carbocycles. The number of furan rings is 1. The Balaban J connectivity index is 0.000000159. The highest BCUT2D eigenvalue weighted by molar-refractivity contribution is 6.08. The molecule has 98 heavy (non-hydrogen) atoms. The molecule has 504 valence electrons. The maximum atomic E-state index is 14.1. The summed E-state index contributed by atoms with van der Waals surface area (Å²) in [7, 11) is 8.85. The van der Waals surface area contributed by atoms with Crippen LogP contribution in [0.4, 0.5) is 13.2 Å². The van der Waals surface area contributed by atoms with Crippen molar-refractivity contribution >= 4 is 75.2 Å². The Bertz CT molecular complexity index is 4590. The van der Waals surface area contributed by atoms with Crippen molar-refractivity contribution in [3.8, 4) is 51.7 Å². The molecule has 16 nitrogen and oxygen atoms in total. The number of methoxy groups -OCH3 is 6. The fourth-order valence-corrected chi connectivity index (χ4v) is 12.6. The molecule has 1 aliphatic heterocycles. The van der Waals surface area contributed by atoms with E-state index in [1.807, 2.05) is 39.0 Å². The highest BCUT2D eigenvalue weighted by Crippen LogP contribution is 2.50. The molecule has 0 fully saturated rings. The summed E-state index contributed by atoms with van der Waals surface area (Å²) < 4.78 is 79.0. The first-order valence-electron chi connectivity index (χ1n) is 31.5. The molecule has 2 aromatic heterocycles. The second-order valence-corrected chi connectivity index (χ2v) is 23.7. The summed E-state index contributed by atoms with van der Waals surface area (Å²) >= 11 is 0. The number of hydrogen-bond donors (Lipinski definition) is 4. The molecule has 0 saturated carbocycles. The number of hydrogen-bond acceptors (Lipinski definition) is 15. The summed E-state index contributed by atoms with van der Waals surface area (Å²) in [6.07, 6.45) is 19.5. The van der Waals surface area contributed by atoms with Gasteiger partial charge in [-0.1, -0.05) is 18.2 Å². The van der Waals surface area contributed by atoms with Crippen LogP contribution in [0.15, 0.2) is 160 Å². The number of nitrogens with one attached hydrogen (secondary N) is 1. The molecule has 4 N–H and O–H groups in total. The van der Waals surface area contributed by atoms with Crippen molar-refractivity contribution in [2.45, 2.75) is 78.6 Å². The van der Waals surface area contributed by atoms with Crippen LogP contribution in [0.5, 0.6) is 51.7 Å². The molecule has 0 bridgehead atoms. The van der Waals surface area contributed by atoms with Crippen LogP contribution in [0.3, 0.4) is 0 Å². The Labute approximate surface area is 565 Å².